The van der Waals surface area contributed by atoms with E-state index in [1.165, 1.54) is 34.8 Å². The molecule has 0 atom stereocenters. The van der Waals surface area contributed by atoms with Gasteiger partial charge in [-0.05, 0) is 91.9 Å². The van der Waals surface area contributed by atoms with Crippen molar-refractivity contribution in [1.29, 1.82) is 0 Å². The highest BCUT2D eigenvalue weighted by Crippen LogP contribution is 2.44. The standard InChI is InChI=1S/C37H33FN6O4S2/c1-22-16-28(32(40-19-22)43-20-37(21-43)9-13-48-14-10-37)33(45)41-26-5-2-23(3-6-26)35(47)44-12-8-24-17-30(34(46)42-36-39-11-15-49-36)50-31(24)27-7-4-25(38)18-29(27)44/h2-7,11,15-19H,8-10,12-14,20-21H2,1H3,(H,41,45)(H,39,42,46). The minimum absolute atomic E-state index is 0.230. The third kappa shape index (κ3) is 6.16. The number of anilines is 4. The lowest BCUT2D eigenvalue weighted by molar-refractivity contribution is -0.000511. The Labute approximate surface area is 295 Å². The molecule has 2 fully saturated rings. The number of hydrogen-bond acceptors (Lipinski definition) is 9. The molecule has 2 saturated heterocycles. The van der Waals surface area contributed by atoms with E-state index in [9.17, 15) is 18.8 Å². The van der Waals surface area contributed by atoms with Crippen molar-refractivity contribution < 1.29 is 23.5 Å². The summed E-state index contributed by atoms with van der Waals surface area (Å²) in [6.07, 6.45) is 5.92. The number of aromatic nitrogens is 2. The first-order valence-corrected chi connectivity index (χ1v) is 18.1. The number of pyridine rings is 1. The lowest BCUT2D eigenvalue weighted by Gasteiger charge is -2.53. The van der Waals surface area contributed by atoms with E-state index in [1.807, 2.05) is 19.1 Å². The van der Waals surface area contributed by atoms with Crippen LogP contribution in [0, 0.1) is 18.2 Å². The predicted octanol–water partition coefficient (Wildman–Crippen LogP) is 7.04. The molecule has 10 nitrogen and oxygen atoms in total. The summed E-state index contributed by atoms with van der Waals surface area (Å²) >= 11 is 2.64. The van der Waals surface area contributed by atoms with Gasteiger partial charge in [0.2, 0.25) is 0 Å². The van der Waals surface area contributed by atoms with Gasteiger partial charge in [0.05, 0.1) is 16.1 Å². The van der Waals surface area contributed by atoms with Gasteiger partial charge < -0.3 is 19.9 Å². The maximum Gasteiger partial charge on any atom is 0.267 e. The minimum Gasteiger partial charge on any atom is -0.381 e. The van der Waals surface area contributed by atoms with Gasteiger partial charge in [0.1, 0.15) is 11.6 Å². The number of benzene rings is 2. The number of aryl methyl sites for hydroxylation is 1. The van der Waals surface area contributed by atoms with Crippen LogP contribution in [0.3, 0.4) is 0 Å². The number of nitrogens with one attached hydrogen (secondary N) is 2. The van der Waals surface area contributed by atoms with Gasteiger partial charge in [-0.2, -0.15) is 0 Å². The van der Waals surface area contributed by atoms with Crippen LogP contribution in [0.1, 0.15) is 54.4 Å². The molecule has 2 N–H and O–H groups in total. The molecule has 5 aromatic rings. The van der Waals surface area contributed by atoms with Crippen molar-refractivity contribution in [3.8, 4) is 10.4 Å². The molecule has 0 saturated carbocycles. The highest BCUT2D eigenvalue weighted by Gasteiger charge is 2.45. The van der Waals surface area contributed by atoms with Crippen molar-refractivity contribution in [2.45, 2.75) is 26.2 Å². The summed E-state index contributed by atoms with van der Waals surface area (Å²) in [5, 5.41) is 8.09. The maximum atomic E-state index is 14.7. The average Bonchev–Trinajstić information content (AvgIpc) is 3.76. The molecule has 2 aromatic carbocycles. The van der Waals surface area contributed by atoms with Crippen LogP contribution in [-0.2, 0) is 11.2 Å². The summed E-state index contributed by atoms with van der Waals surface area (Å²) in [5.41, 5.74) is 4.59. The van der Waals surface area contributed by atoms with Crippen LogP contribution >= 0.6 is 22.7 Å². The first-order valence-electron chi connectivity index (χ1n) is 16.4. The molecule has 3 aromatic heterocycles. The average molecular weight is 709 g/mol. The zero-order valence-electron chi connectivity index (χ0n) is 27.2. The Morgan fingerprint density at radius 1 is 0.960 bits per heavy atom. The van der Waals surface area contributed by atoms with Crippen LogP contribution < -0.4 is 20.4 Å². The first-order chi connectivity index (χ1) is 24.2. The number of nitrogens with zero attached hydrogens (tertiary/aromatic N) is 4. The van der Waals surface area contributed by atoms with Crippen molar-refractivity contribution in [3.63, 3.8) is 0 Å². The molecule has 8 rings (SSSR count). The van der Waals surface area contributed by atoms with Gasteiger partial charge >= 0.3 is 0 Å². The maximum absolute atomic E-state index is 14.7. The molecule has 1 spiro atoms. The third-order valence-corrected chi connectivity index (χ3v) is 11.5. The highest BCUT2D eigenvalue weighted by atomic mass is 32.1. The largest absolute Gasteiger partial charge is 0.381 e. The van der Waals surface area contributed by atoms with Crippen molar-refractivity contribution in [1.82, 2.24) is 9.97 Å². The van der Waals surface area contributed by atoms with E-state index in [4.69, 9.17) is 4.74 Å². The molecule has 50 heavy (non-hydrogen) atoms. The van der Waals surface area contributed by atoms with Crippen molar-refractivity contribution >= 4 is 62.7 Å². The second-order valence-corrected chi connectivity index (χ2v) is 15.0. The second-order valence-electron chi connectivity index (χ2n) is 13.0. The van der Waals surface area contributed by atoms with E-state index >= 15 is 0 Å². The zero-order valence-corrected chi connectivity index (χ0v) is 28.8. The summed E-state index contributed by atoms with van der Waals surface area (Å²) < 4.78 is 20.2. The molecule has 6 heterocycles. The number of thiophene rings is 1. The molecule has 0 radical (unpaired) electrons. The number of thiazole rings is 1. The van der Waals surface area contributed by atoms with E-state index in [2.05, 4.69) is 25.5 Å². The van der Waals surface area contributed by atoms with Gasteiger partial charge in [-0.25, -0.2) is 14.4 Å². The topological polar surface area (TPSA) is 117 Å². The van der Waals surface area contributed by atoms with Crippen LogP contribution in [0.5, 0.6) is 0 Å². The Hall–Kier alpha value is -4.98. The molecule has 254 valence electrons. The van der Waals surface area contributed by atoms with E-state index in [0.717, 1.165) is 55.1 Å². The SMILES string of the molecule is Cc1cnc(N2CC3(CCOCC3)C2)c(C(=O)Nc2ccc(C(=O)N3CCc4cc(C(=O)Nc5nccs5)sc4-c4ccc(F)cc43)cc2)c1. The van der Waals surface area contributed by atoms with Crippen molar-refractivity contribution in [3.05, 3.63) is 105 Å². The Morgan fingerprint density at radius 2 is 1.76 bits per heavy atom. The van der Waals surface area contributed by atoms with Gasteiger partial charge in [0, 0.05) is 77.7 Å². The summed E-state index contributed by atoms with van der Waals surface area (Å²) in [6.45, 7) is 5.45. The van der Waals surface area contributed by atoms with E-state index in [-0.39, 0.29) is 23.1 Å². The van der Waals surface area contributed by atoms with Gasteiger partial charge in [-0.1, -0.05) is 0 Å². The molecular formula is C37H33FN6O4S2. The minimum atomic E-state index is -0.465. The molecule has 13 heteroatoms. The monoisotopic (exact) mass is 708 g/mol. The summed E-state index contributed by atoms with van der Waals surface area (Å²) in [7, 11) is 0. The van der Waals surface area contributed by atoms with E-state index in [0.29, 0.717) is 56.9 Å². The van der Waals surface area contributed by atoms with Crippen LogP contribution in [0.2, 0.25) is 0 Å². The third-order valence-electron chi connectivity index (χ3n) is 9.57. The van der Waals surface area contributed by atoms with Crippen LogP contribution in [0.25, 0.3) is 10.4 Å². The van der Waals surface area contributed by atoms with E-state index in [1.54, 1.807) is 53.0 Å². The lowest BCUT2D eigenvalue weighted by Crippen LogP contribution is -2.59. The zero-order chi connectivity index (χ0) is 34.4. The molecule has 0 bridgehead atoms. The fraction of sp³-hybridized carbons (Fsp3) is 0.270. The first kappa shape index (κ1) is 32.2. The summed E-state index contributed by atoms with van der Waals surface area (Å²) in [4.78, 5) is 54.3. The Morgan fingerprint density at radius 3 is 2.52 bits per heavy atom. The van der Waals surface area contributed by atoms with Crippen LogP contribution in [0.4, 0.5) is 26.7 Å². The van der Waals surface area contributed by atoms with Gasteiger partial charge in [0.15, 0.2) is 5.13 Å². The number of ether oxygens (including phenoxy) is 1. The smallest absolute Gasteiger partial charge is 0.267 e. The number of fused-ring (bicyclic) bond motifs is 3. The molecule has 3 amide bonds. The number of rotatable bonds is 6. The van der Waals surface area contributed by atoms with Gasteiger partial charge in [0.25, 0.3) is 17.7 Å². The summed E-state index contributed by atoms with van der Waals surface area (Å²) in [6, 6.07) is 14.8. The molecule has 3 aliphatic heterocycles. The molecule has 3 aliphatic rings. The quantitative estimate of drug-likeness (QED) is 0.195. The normalized spacial score (nSPS) is 16.2. The fourth-order valence-electron chi connectivity index (χ4n) is 6.95. The van der Waals surface area contributed by atoms with Crippen molar-refractivity contribution in [2.75, 3.05) is 53.3 Å². The van der Waals surface area contributed by atoms with Gasteiger partial charge in [-0.3, -0.25) is 19.7 Å². The fourth-order valence-corrected chi connectivity index (χ4v) is 8.61. The van der Waals surface area contributed by atoms with Crippen LogP contribution in [-0.4, -0.2) is 60.5 Å². The number of hydrogen-bond donors (Lipinski definition) is 2. The number of carbonyl (C=O) groups excluding carboxylic acids is 3. The van der Waals surface area contributed by atoms with Gasteiger partial charge in [-0.15, -0.1) is 22.7 Å². The lowest BCUT2D eigenvalue weighted by atomic mass is 9.73. The summed E-state index contributed by atoms with van der Waals surface area (Å²) in [5.74, 6) is -0.624. The van der Waals surface area contributed by atoms with E-state index < -0.39 is 5.82 Å². The predicted molar refractivity (Wildman–Crippen MR) is 193 cm³/mol. The Bertz CT molecular complexity index is 2100. The Kier molecular flexibility index (Phi) is 8.41. The number of halogens is 1. The molecule has 0 aliphatic carbocycles. The highest BCUT2D eigenvalue weighted by molar-refractivity contribution is 7.18. The second kappa shape index (κ2) is 13.0. The number of carbonyl (C=O) groups is 3. The Balaban J connectivity index is 0.990. The van der Waals surface area contributed by atoms with Crippen molar-refractivity contribution in [2.24, 2.45) is 5.41 Å². The molecule has 0 unspecified atom stereocenters. The van der Waals surface area contributed by atoms with Crippen LogP contribution in [0.15, 0.2) is 72.4 Å². The molecular weight excluding hydrogens is 676 g/mol. The number of amides is 3.